The van der Waals surface area contributed by atoms with Crippen molar-refractivity contribution in [2.75, 3.05) is 16.9 Å². The highest BCUT2D eigenvalue weighted by molar-refractivity contribution is 7.97. The van der Waals surface area contributed by atoms with Crippen molar-refractivity contribution < 1.29 is 4.79 Å². The highest BCUT2D eigenvalue weighted by Gasteiger charge is 2.06. The molecule has 2 rings (SSSR count). The van der Waals surface area contributed by atoms with E-state index in [4.69, 9.17) is 0 Å². The first-order valence-electron chi connectivity index (χ1n) is 4.83. The monoisotopic (exact) mass is 285 g/mol. The molecule has 17 heavy (non-hydrogen) atoms. The van der Waals surface area contributed by atoms with Crippen molar-refractivity contribution >= 4 is 50.6 Å². The zero-order valence-corrected chi connectivity index (χ0v) is 11.5. The number of hydrogen-bond acceptors (Lipinski definition) is 5. The van der Waals surface area contributed by atoms with Gasteiger partial charge in [0.1, 0.15) is 0 Å². The van der Waals surface area contributed by atoms with Crippen molar-refractivity contribution in [3.05, 3.63) is 28.6 Å². The summed E-state index contributed by atoms with van der Waals surface area (Å²) in [5, 5.41) is 10.8. The second-order valence-electron chi connectivity index (χ2n) is 3.13. The second-order valence-corrected chi connectivity index (χ2v) is 5.81. The molecule has 0 spiro atoms. The number of thiazole rings is 1. The number of carbonyl (C=O) groups is 1. The van der Waals surface area contributed by atoms with Crippen LogP contribution in [0.3, 0.4) is 0 Å². The van der Waals surface area contributed by atoms with Crippen molar-refractivity contribution in [1.82, 2.24) is 4.98 Å². The lowest BCUT2D eigenvalue weighted by Crippen LogP contribution is -2.18. The molecule has 0 radical (unpaired) electrons. The Hall–Kier alpha value is -1.05. The molecule has 0 bridgehead atoms. The number of anilines is 2. The Morgan fingerprint density at radius 1 is 1.47 bits per heavy atom. The molecule has 0 fully saturated rings. The third-order valence-electron chi connectivity index (χ3n) is 1.82. The van der Waals surface area contributed by atoms with Crippen LogP contribution in [0.1, 0.15) is 5.69 Å². The van der Waals surface area contributed by atoms with Gasteiger partial charge in [-0.1, -0.05) is 0 Å². The molecule has 0 aliphatic heterocycles. The number of hydrogen-bond donors (Lipinski definition) is 2. The molecule has 0 saturated carbocycles. The molecular formula is C10H11N3OS3. The van der Waals surface area contributed by atoms with Crippen LogP contribution in [0.4, 0.5) is 14.9 Å². The number of carbonyl (C=O) groups excluding carboxylic acids is 1. The van der Waals surface area contributed by atoms with Gasteiger partial charge in [0.25, 0.3) is 0 Å². The summed E-state index contributed by atoms with van der Waals surface area (Å²) >= 11 is 4.63. The summed E-state index contributed by atoms with van der Waals surface area (Å²) in [6.07, 6.45) is 2.02. The molecule has 2 aromatic heterocycles. The summed E-state index contributed by atoms with van der Waals surface area (Å²) in [6.45, 7) is 0. The van der Waals surface area contributed by atoms with E-state index >= 15 is 0 Å². The first-order valence-corrected chi connectivity index (χ1v) is 7.98. The molecule has 2 heterocycles. The van der Waals surface area contributed by atoms with Gasteiger partial charge < -0.3 is 0 Å². The van der Waals surface area contributed by atoms with E-state index in [-0.39, 0.29) is 6.03 Å². The fourth-order valence-corrected chi connectivity index (χ4v) is 3.04. The first-order chi connectivity index (χ1) is 8.28. The maximum Gasteiger partial charge on any atom is 0.326 e. The van der Waals surface area contributed by atoms with E-state index in [1.165, 1.54) is 22.7 Å². The lowest BCUT2D eigenvalue weighted by Gasteiger charge is -2.01. The van der Waals surface area contributed by atoms with Gasteiger partial charge in [-0.05, 0) is 23.8 Å². The Morgan fingerprint density at radius 3 is 3.06 bits per heavy atom. The summed E-state index contributed by atoms with van der Waals surface area (Å²) in [4.78, 5) is 15.9. The predicted molar refractivity (Wildman–Crippen MR) is 76.3 cm³/mol. The molecular weight excluding hydrogens is 274 g/mol. The van der Waals surface area contributed by atoms with Crippen LogP contribution in [0, 0.1) is 0 Å². The lowest BCUT2D eigenvalue weighted by molar-refractivity contribution is 0.262. The van der Waals surface area contributed by atoms with Crippen LogP contribution < -0.4 is 10.6 Å². The molecule has 0 saturated heterocycles. The topological polar surface area (TPSA) is 54.0 Å². The molecule has 2 aromatic rings. The smallest absolute Gasteiger partial charge is 0.299 e. The van der Waals surface area contributed by atoms with E-state index in [0.717, 1.165) is 16.4 Å². The molecule has 0 aliphatic carbocycles. The summed E-state index contributed by atoms with van der Waals surface area (Å²) in [7, 11) is 0. The van der Waals surface area contributed by atoms with Crippen LogP contribution in [-0.2, 0) is 5.75 Å². The van der Waals surface area contributed by atoms with E-state index in [1.807, 2.05) is 29.1 Å². The standard InChI is InChI=1S/C10H11N3OS3/c1-15-5-7-6-17-10(11-7)13-9(14)12-8-3-2-4-16-8/h2-4,6H,5H2,1H3,(H2,11,12,13,14). The lowest BCUT2D eigenvalue weighted by atomic mass is 10.6. The van der Waals surface area contributed by atoms with Gasteiger partial charge in [0.05, 0.1) is 10.7 Å². The minimum absolute atomic E-state index is 0.252. The number of aromatic nitrogens is 1. The number of rotatable bonds is 4. The van der Waals surface area contributed by atoms with Crippen LogP contribution in [0.2, 0.25) is 0 Å². The Kier molecular flexibility index (Phi) is 4.41. The molecule has 0 atom stereocenters. The van der Waals surface area contributed by atoms with Gasteiger partial charge in [0.15, 0.2) is 5.13 Å². The Bertz CT molecular complexity index is 481. The van der Waals surface area contributed by atoms with Crippen LogP contribution in [-0.4, -0.2) is 17.3 Å². The van der Waals surface area contributed by atoms with Crippen molar-refractivity contribution in [3.63, 3.8) is 0 Å². The maximum absolute atomic E-state index is 11.6. The molecule has 0 aliphatic rings. The van der Waals surface area contributed by atoms with E-state index in [2.05, 4.69) is 15.6 Å². The molecule has 2 amide bonds. The normalized spacial score (nSPS) is 10.2. The van der Waals surface area contributed by atoms with Gasteiger partial charge in [-0.25, -0.2) is 9.78 Å². The number of nitrogens with zero attached hydrogens (tertiary/aromatic N) is 1. The highest BCUT2D eigenvalue weighted by Crippen LogP contribution is 2.19. The van der Waals surface area contributed by atoms with E-state index in [1.54, 1.807) is 11.8 Å². The first kappa shape index (κ1) is 12.4. The van der Waals surface area contributed by atoms with Crippen LogP contribution in [0.15, 0.2) is 22.9 Å². The van der Waals surface area contributed by atoms with Crippen molar-refractivity contribution in [2.24, 2.45) is 0 Å². The summed E-state index contributed by atoms with van der Waals surface area (Å²) < 4.78 is 0. The third-order valence-corrected chi connectivity index (χ3v) is 4.00. The SMILES string of the molecule is CSCc1csc(NC(=O)Nc2cccs2)n1. The summed E-state index contributed by atoms with van der Waals surface area (Å²) in [5.74, 6) is 0.866. The van der Waals surface area contributed by atoms with Crippen LogP contribution in [0.25, 0.3) is 0 Å². The van der Waals surface area contributed by atoms with Gasteiger partial charge in [0.2, 0.25) is 0 Å². The fraction of sp³-hybridized carbons (Fsp3) is 0.200. The van der Waals surface area contributed by atoms with Crippen LogP contribution in [0.5, 0.6) is 0 Å². The minimum atomic E-state index is -0.252. The number of urea groups is 1. The molecule has 2 N–H and O–H groups in total. The zero-order valence-electron chi connectivity index (χ0n) is 9.10. The average molecular weight is 285 g/mol. The quantitative estimate of drug-likeness (QED) is 0.900. The molecule has 4 nitrogen and oxygen atoms in total. The van der Waals surface area contributed by atoms with E-state index < -0.39 is 0 Å². The van der Waals surface area contributed by atoms with Gasteiger partial charge in [-0.15, -0.1) is 22.7 Å². The molecule has 0 unspecified atom stereocenters. The van der Waals surface area contributed by atoms with Crippen molar-refractivity contribution in [1.29, 1.82) is 0 Å². The van der Waals surface area contributed by atoms with Crippen molar-refractivity contribution in [2.45, 2.75) is 5.75 Å². The number of thiophene rings is 1. The highest BCUT2D eigenvalue weighted by atomic mass is 32.2. The average Bonchev–Trinajstić information content (AvgIpc) is 2.91. The van der Waals surface area contributed by atoms with Crippen LogP contribution >= 0.6 is 34.4 Å². The fourth-order valence-electron chi connectivity index (χ4n) is 1.17. The second kappa shape index (κ2) is 6.04. The van der Waals surface area contributed by atoms with Crippen molar-refractivity contribution in [3.8, 4) is 0 Å². The third kappa shape index (κ3) is 3.72. The Labute approximate surface area is 111 Å². The molecule has 7 heteroatoms. The Morgan fingerprint density at radius 2 is 2.35 bits per heavy atom. The number of nitrogens with one attached hydrogen (secondary N) is 2. The number of amides is 2. The summed E-state index contributed by atoms with van der Waals surface area (Å²) in [6, 6.07) is 3.49. The number of thioether (sulfide) groups is 1. The molecule has 0 aromatic carbocycles. The van der Waals surface area contributed by atoms with E-state index in [0.29, 0.717) is 5.13 Å². The van der Waals surface area contributed by atoms with E-state index in [9.17, 15) is 4.79 Å². The van der Waals surface area contributed by atoms with Gasteiger partial charge in [-0.2, -0.15) is 11.8 Å². The van der Waals surface area contributed by atoms with Gasteiger partial charge in [-0.3, -0.25) is 10.6 Å². The summed E-state index contributed by atoms with van der Waals surface area (Å²) in [5.41, 5.74) is 0.994. The Balaban J connectivity index is 1.89. The maximum atomic E-state index is 11.6. The molecule has 90 valence electrons. The zero-order chi connectivity index (χ0) is 12.1. The van der Waals surface area contributed by atoms with Gasteiger partial charge >= 0.3 is 6.03 Å². The predicted octanol–water partition coefficient (Wildman–Crippen LogP) is 3.71. The minimum Gasteiger partial charge on any atom is -0.299 e. The van der Waals surface area contributed by atoms with Gasteiger partial charge in [0, 0.05) is 11.1 Å². The largest absolute Gasteiger partial charge is 0.326 e.